The molecule has 1 unspecified atom stereocenters. The lowest BCUT2D eigenvalue weighted by Gasteiger charge is -2.18. The number of benzene rings is 3. The first-order chi connectivity index (χ1) is 24.6. The van der Waals surface area contributed by atoms with E-state index in [1.165, 1.54) is 91.2 Å². The van der Waals surface area contributed by atoms with E-state index in [0.717, 1.165) is 0 Å². The fraction of sp³-hybridized carbons (Fsp3) is 0.182. The lowest BCUT2D eigenvalue weighted by molar-refractivity contribution is -0.170. The number of carbonyl (C=O) groups excluding carboxylic acids is 8. The molecule has 3 rings (SSSR count). The lowest BCUT2D eigenvalue weighted by Crippen LogP contribution is -2.33. The number of hydrogen-bond acceptors (Lipinski definition) is 18. The smallest absolute Gasteiger partial charge is 0.344 e. The molecule has 0 aliphatic carbocycles. The van der Waals surface area contributed by atoms with Gasteiger partial charge in [-0.1, -0.05) is 0 Å². The van der Waals surface area contributed by atoms with Gasteiger partial charge in [-0.2, -0.15) is 9.98 Å². The van der Waals surface area contributed by atoms with Crippen molar-refractivity contribution in [2.45, 2.75) is 6.10 Å². The summed E-state index contributed by atoms with van der Waals surface area (Å²) in [5.41, 5.74) is 0.507. The summed E-state index contributed by atoms with van der Waals surface area (Å²) < 4.78 is 34.3. The Balaban J connectivity index is 1.54. The highest BCUT2D eigenvalue weighted by Gasteiger charge is 2.22. The topological polar surface area (TPSA) is 250 Å². The van der Waals surface area contributed by atoms with Gasteiger partial charge in [0, 0.05) is 0 Å². The second-order valence-corrected chi connectivity index (χ2v) is 9.42. The molecule has 0 aliphatic heterocycles. The molecule has 0 amide bonds. The summed E-state index contributed by atoms with van der Waals surface area (Å²) in [6.07, 6.45) is 2.67. The molecular formula is C33H23N3O15. The van der Waals surface area contributed by atoms with Gasteiger partial charge in [-0.3, -0.25) is 0 Å². The van der Waals surface area contributed by atoms with Crippen LogP contribution in [0.3, 0.4) is 0 Å². The molecule has 3 aromatic carbocycles. The predicted molar refractivity (Wildman–Crippen MR) is 164 cm³/mol. The summed E-state index contributed by atoms with van der Waals surface area (Å²) >= 11 is 0. The normalized spacial score (nSPS) is 10.3. The first-order valence-electron chi connectivity index (χ1n) is 14.2. The molecule has 0 saturated heterocycles. The van der Waals surface area contributed by atoms with E-state index in [4.69, 9.17) is 33.7 Å². The average molecular weight is 702 g/mol. The molecule has 0 heterocycles. The molecule has 0 fully saturated rings. The van der Waals surface area contributed by atoms with Crippen molar-refractivity contribution in [3.05, 3.63) is 89.5 Å². The zero-order chi connectivity index (χ0) is 37.0. The van der Waals surface area contributed by atoms with E-state index in [1.54, 1.807) is 0 Å². The molecule has 0 aromatic heterocycles. The number of esters is 6. The van der Waals surface area contributed by atoms with Gasteiger partial charge in [-0.25, -0.2) is 38.4 Å². The number of nitriles is 1. The third-order valence-electron chi connectivity index (χ3n) is 5.93. The summed E-state index contributed by atoms with van der Waals surface area (Å²) in [5.74, 6) is -5.93. The third kappa shape index (κ3) is 13.3. The fourth-order valence-corrected chi connectivity index (χ4v) is 3.58. The monoisotopic (exact) mass is 701 g/mol. The van der Waals surface area contributed by atoms with E-state index in [1.807, 2.05) is 0 Å². The highest BCUT2D eigenvalue weighted by molar-refractivity contribution is 5.92. The van der Waals surface area contributed by atoms with Crippen molar-refractivity contribution >= 4 is 59.4 Å². The van der Waals surface area contributed by atoms with Gasteiger partial charge in [0.2, 0.25) is 12.2 Å². The molecule has 260 valence electrons. The minimum Gasteiger partial charge on any atom is -0.459 e. The Labute approximate surface area is 286 Å². The van der Waals surface area contributed by atoms with Crippen molar-refractivity contribution in [2.24, 2.45) is 9.98 Å². The van der Waals surface area contributed by atoms with Gasteiger partial charge < -0.3 is 33.2 Å². The van der Waals surface area contributed by atoms with Gasteiger partial charge in [0.05, 0.1) is 28.1 Å². The quantitative estimate of drug-likeness (QED) is 0.0644. The molecule has 0 N–H and O–H groups in total. The van der Waals surface area contributed by atoms with Crippen LogP contribution in [0.1, 0.15) is 31.1 Å². The Kier molecular flexibility index (Phi) is 14.9. The minimum atomic E-state index is -1.48. The molecule has 0 bridgehead atoms. The number of isocyanates is 2. The number of aliphatic imine (C=N–C) groups is 2. The first kappa shape index (κ1) is 38.0. The predicted octanol–water partition coefficient (Wildman–Crippen LogP) is 2.35. The molecule has 0 spiro atoms. The van der Waals surface area contributed by atoms with E-state index in [2.05, 4.69) is 14.7 Å². The van der Waals surface area contributed by atoms with Crippen LogP contribution in [-0.2, 0) is 52.4 Å². The van der Waals surface area contributed by atoms with E-state index >= 15 is 0 Å². The Hall–Kier alpha value is -7.47. The highest BCUT2D eigenvalue weighted by Crippen LogP contribution is 2.15. The summed E-state index contributed by atoms with van der Waals surface area (Å²) in [4.78, 5) is 101. The molecule has 0 radical (unpaired) electrons. The maximum Gasteiger partial charge on any atom is 0.344 e. The Morgan fingerprint density at radius 1 is 0.549 bits per heavy atom. The number of carbonyl (C=O) groups is 6. The summed E-state index contributed by atoms with van der Waals surface area (Å²) in [6, 6.07) is 15.7. The maximum atomic E-state index is 12.5. The van der Waals surface area contributed by atoms with Crippen LogP contribution in [0.25, 0.3) is 0 Å². The van der Waals surface area contributed by atoms with Crippen LogP contribution in [0.4, 0.5) is 11.4 Å². The Morgan fingerprint density at radius 2 is 0.922 bits per heavy atom. The van der Waals surface area contributed by atoms with Crippen molar-refractivity contribution < 1.29 is 71.5 Å². The van der Waals surface area contributed by atoms with Crippen molar-refractivity contribution in [1.82, 2.24) is 0 Å². The second-order valence-electron chi connectivity index (χ2n) is 9.42. The molecule has 18 nitrogen and oxygen atoms in total. The van der Waals surface area contributed by atoms with E-state index in [9.17, 15) is 38.4 Å². The molecule has 3 aromatic rings. The second kappa shape index (κ2) is 20.0. The van der Waals surface area contributed by atoms with Gasteiger partial charge in [-0.05, 0) is 72.8 Å². The lowest BCUT2D eigenvalue weighted by atomic mass is 10.2. The van der Waals surface area contributed by atoms with Gasteiger partial charge in [0.25, 0.3) is 6.26 Å². The third-order valence-corrected chi connectivity index (χ3v) is 5.93. The largest absolute Gasteiger partial charge is 0.459 e. The van der Waals surface area contributed by atoms with Crippen molar-refractivity contribution in [3.8, 4) is 12.0 Å². The average Bonchev–Trinajstić information content (AvgIpc) is 3.14. The van der Waals surface area contributed by atoms with E-state index < -0.39 is 75.0 Å². The molecule has 0 aliphatic rings. The number of nitrogens with zero attached hydrogens (tertiary/aromatic N) is 3. The van der Waals surface area contributed by atoms with Crippen molar-refractivity contribution in [1.29, 1.82) is 5.26 Å². The SMILES string of the molecule is N#COc1ccc(C(=O)OCC(=O)OCC(COC(=O)COC(=O)c2ccc(N=C=O)cc2)OC(=O)COC(=O)c2ccc(N=C=O)cc2)cc1. The summed E-state index contributed by atoms with van der Waals surface area (Å²) in [6.45, 7) is -4.12. The van der Waals surface area contributed by atoms with Crippen LogP contribution < -0.4 is 4.74 Å². The Bertz CT molecular complexity index is 1870. The number of hydrogen-bond donors (Lipinski definition) is 0. The van der Waals surface area contributed by atoms with Gasteiger partial charge in [0.15, 0.2) is 25.9 Å². The first-order valence-corrected chi connectivity index (χ1v) is 14.2. The summed E-state index contributed by atoms with van der Waals surface area (Å²) in [5, 5.41) is 8.53. The summed E-state index contributed by atoms with van der Waals surface area (Å²) in [7, 11) is 0. The van der Waals surface area contributed by atoms with Crippen molar-refractivity contribution in [2.75, 3.05) is 33.0 Å². The zero-order valence-corrected chi connectivity index (χ0v) is 26.0. The van der Waals surface area contributed by atoms with E-state index in [-0.39, 0.29) is 33.8 Å². The highest BCUT2D eigenvalue weighted by atomic mass is 16.6. The van der Waals surface area contributed by atoms with Crippen LogP contribution in [0.15, 0.2) is 82.8 Å². The molecule has 0 saturated carbocycles. The minimum absolute atomic E-state index is 0.00742. The number of ether oxygens (including phenoxy) is 7. The van der Waals surface area contributed by atoms with Gasteiger partial charge in [-0.15, -0.1) is 5.26 Å². The van der Waals surface area contributed by atoms with Crippen LogP contribution in [0.2, 0.25) is 0 Å². The Morgan fingerprint density at radius 3 is 1.29 bits per heavy atom. The standard InChI is InChI=1S/C33H23N3O15/c34-18-50-26-11-5-23(6-12-26)33(44)48-16-29(40)46-14-27(51-30(41)17-49-32(43)22-3-9-25(10-4-22)36-20-38)13-45-28(39)15-47-31(42)21-1-7-24(8-2-21)35-19-37/h1-12,27H,13-17H2. The molecular weight excluding hydrogens is 678 g/mol. The molecule has 1 atom stereocenters. The van der Waals surface area contributed by atoms with Crippen LogP contribution in [0, 0.1) is 11.5 Å². The van der Waals surface area contributed by atoms with Crippen LogP contribution in [0.5, 0.6) is 5.75 Å². The zero-order valence-electron chi connectivity index (χ0n) is 26.0. The van der Waals surface area contributed by atoms with E-state index in [0.29, 0.717) is 0 Å². The van der Waals surface area contributed by atoms with Crippen LogP contribution in [-0.4, -0.2) is 87.1 Å². The van der Waals surface area contributed by atoms with Gasteiger partial charge in [0.1, 0.15) is 19.0 Å². The fourth-order valence-electron chi connectivity index (χ4n) is 3.58. The molecule has 51 heavy (non-hydrogen) atoms. The maximum absolute atomic E-state index is 12.5. The van der Waals surface area contributed by atoms with Gasteiger partial charge >= 0.3 is 35.8 Å². The molecule has 18 heteroatoms. The van der Waals surface area contributed by atoms with Crippen LogP contribution >= 0.6 is 0 Å². The van der Waals surface area contributed by atoms with Crippen molar-refractivity contribution in [3.63, 3.8) is 0 Å². The number of rotatable bonds is 17.